The van der Waals surface area contributed by atoms with Crippen LogP contribution in [0.2, 0.25) is 0 Å². The summed E-state index contributed by atoms with van der Waals surface area (Å²) in [5, 5.41) is 11.0. The van der Waals surface area contributed by atoms with Crippen LogP contribution in [-0.4, -0.2) is 25.7 Å². The molecule has 1 aromatic heterocycles. The third-order valence-corrected chi connectivity index (χ3v) is 4.08. The molecule has 1 aromatic rings. The number of imidazole rings is 1. The van der Waals surface area contributed by atoms with Crippen LogP contribution in [0.4, 0.5) is 0 Å². The van der Waals surface area contributed by atoms with Crippen LogP contribution in [0.3, 0.4) is 0 Å². The molecule has 0 radical (unpaired) electrons. The summed E-state index contributed by atoms with van der Waals surface area (Å²) in [7, 11) is 0. The highest BCUT2D eigenvalue weighted by atomic mass is 32.2. The van der Waals surface area contributed by atoms with Crippen LogP contribution in [0.25, 0.3) is 0 Å². The van der Waals surface area contributed by atoms with Gasteiger partial charge in [0.2, 0.25) is 0 Å². The summed E-state index contributed by atoms with van der Waals surface area (Å²) in [6.45, 7) is 5.10. The first-order chi connectivity index (χ1) is 6.65. The third-order valence-electron chi connectivity index (χ3n) is 2.70. The fourth-order valence-corrected chi connectivity index (χ4v) is 3.20. The van der Waals surface area contributed by atoms with Crippen molar-refractivity contribution in [2.24, 2.45) is 0 Å². The fraction of sp³-hybridized carbons (Fsp3) is 0.700. The summed E-state index contributed by atoms with van der Waals surface area (Å²) in [5.41, 5.74) is -0.705. The van der Waals surface area contributed by atoms with Gasteiger partial charge < -0.3 is 9.67 Å². The van der Waals surface area contributed by atoms with E-state index in [0.29, 0.717) is 5.25 Å². The van der Waals surface area contributed by atoms with Gasteiger partial charge in [-0.15, -0.1) is 0 Å². The number of aliphatic hydroxyl groups is 1. The van der Waals surface area contributed by atoms with Gasteiger partial charge in [0.1, 0.15) is 11.4 Å². The Morgan fingerprint density at radius 2 is 2.57 bits per heavy atom. The summed E-state index contributed by atoms with van der Waals surface area (Å²) in [6.07, 6.45) is 4.51. The van der Waals surface area contributed by atoms with Gasteiger partial charge in [0.05, 0.1) is 0 Å². The first-order valence-corrected chi connectivity index (χ1v) is 6.06. The Bertz CT molecular complexity index is 326. The Morgan fingerprint density at radius 1 is 1.79 bits per heavy atom. The Hall–Kier alpha value is -0.480. The second kappa shape index (κ2) is 3.59. The predicted octanol–water partition coefficient (Wildman–Crippen LogP) is 1.62. The van der Waals surface area contributed by atoms with Crippen LogP contribution in [-0.2, 0) is 12.1 Å². The maximum atomic E-state index is 10.4. The minimum absolute atomic E-state index is 0.530. The molecule has 1 N–H and O–H groups in total. The van der Waals surface area contributed by atoms with Gasteiger partial charge in [-0.3, -0.25) is 0 Å². The van der Waals surface area contributed by atoms with Gasteiger partial charge >= 0.3 is 0 Å². The minimum Gasteiger partial charge on any atom is -0.381 e. The van der Waals surface area contributed by atoms with E-state index in [9.17, 15) is 5.11 Å². The molecule has 78 valence electrons. The molecule has 0 aliphatic carbocycles. The van der Waals surface area contributed by atoms with Crippen LogP contribution >= 0.6 is 11.8 Å². The van der Waals surface area contributed by atoms with E-state index in [1.807, 2.05) is 22.5 Å². The molecule has 1 fully saturated rings. The second-order valence-corrected chi connectivity index (χ2v) is 5.32. The standard InChI is InChI=1S/C10H16N2OS/c1-3-12-5-4-11-9(12)10(13)6-8(2)14-7-10/h4-5,8,13H,3,6-7H2,1-2H3. The third kappa shape index (κ3) is 1.57. The molecule has 0 amide bonds. The van der Waals surface area contributed by atoms with Crippen LogP contribution in [0.1, 0.15) is 26.1 Å². The van der Waals surface area contributed by atoms with Crippen molar-refractivity contribution >= 4 is 11.8 Å². The first kappa shape index (κ1) is 10.1. The molecular formula is C10H16N2OS. The van der Waals surface area contributed by atoms with E-state index in [4.69, 9.17) is 0 Å². The van der Waals surface area contributed by atoms with Crippen molar-refractivity contribution < 1.29 is 5.11 Å². The zero-order chi connectivity index (χ0) is 10.2. The molecule has 14 heavy (non-hydrogen) atoms. The number of thioether (sulfide) groups is 1. The molecule has 0 bridgehead atoms. The number of hydrogen-bond donors (Lipinski definition) is 1. The van der Waals surface area contributed by atoms with Gasteiger partial charge in [-0.25, -0.2) is 4.98 Å². The van der Waals surface area contributed by atoms with Gasteiger partial charge in [-0.05, 0) is 13.3 Å². The Balaban J connectivity index is 2.30. The Morgan fingerprint density at radius 3 is 3.14 bits per heavy atom. The number of rotatable bonds is 2. The molecule has 1 aliphatic rings. The number of hydrogen-bond acceptors (Lipinski definition) is 3. The lowest BCUT2D eigenvalue weighted by Gasteiger charge is -2.21. The van der Waals surface area contributed by atoms with E-state index in [0.717, 1.165) is 24.5 Å². The quantitative estimate of drug-likeness (QED) is 0.809. The summed E-state index contributed by atoms with van der Waals surface area (Å²) in [4.78, 5) is 4.27. The lowest BCUT2D eigenvalue weighted by molar-refractivity contribution is 0.0481. The lowest BCUT2D eigenvalue weighted by Crippen LogP contribution is -2.29. The maximum absolute atomic E-state index is 10.4. The van der Waals surface area contributed by atoms with E-state index in [1.165, 1.54) is 0 Å². The molecule has 2 rings (SSSR count). The van der Waals surface area contributed by atoms with Crippen molar-refractivity contribution in [3.05, 3.63) is 18.2 Å². The van der Waals surface area contributed by atoms with E-state index in [2.05, 4.69) is 18.8 Å². The van der Waals surface area contributed by atoms with E-state index >= 15 is 0 Å². The summed E-state index contributed by atoms with van der Waals surface area (Å²) in [6, 6.07) is 0. The van der Waals surface area contributed by atoms with Crippen LogP contribution in [0.15, 0.2) is 12.4 Å². The minimum atomic E-state index is -0.705. The summed E-state index contributed by atoms with van der Waals surface area (Å²) < 4.78 is 2.03. The Kier molecular flexibility index (Phi) is 2.58. The van der Waals surface area contributed by atoms with Crippen molar-refractivity contribution in [3.63, 3.8) is 0 Å². The number of nitrogens with zero attached hydrogens (tertiary/aromatic N) is 2. The smallest absolute Gasteiger partial charge is 0.141 e. The summed E-state index contributed by atoms with van der Waals surface area (Å²) in [5.74, 6) is 1.60. The average Bonchev–Trinajstić information content (AvgIpc) is 2.73. The molecule has 2 unspecified atom stereocenters. The molecule has 1 aliphatic heterocycles. The molecule has 2 atom stereocenters. The molecular weight excluding hydrogens is 196 g/mol. The van der Waals surface area contributed by atoms with Gasteiger partial charge in [-0.2, -0.15) is 11.8 Å². The van der Waals surface area contributed by atoms with Crippen molar-refractivity contribution in [1.82, 2.24) is 9.55 Å². The topological polar surface area (TPSA) is 38.0 Å². The largest absolute Gasteiger partial charge is 0.381 e. The number of aryl methyl sites for hydroxylation is 1. The van der Waals surface area contributed by atoms with Gasteiger partial charge in [-0.1, -0.05) is 6.92 Å². The van der Waals surface area contributed by atoms with Gasteiger partial charge in [0, 0.05) is 29.9 Å². The highest BCUT2D eigenvalue weighted by molar-refractivity contribution is 8.00. The molecule has 2 heterocycles. The van der Waals surface area contributed by atoms with Gasteiger partial charge in [0.25, 0.3) is 0 Å². The lowest BCUT2D eigenvalue weighted by atomic mass is 10.00. The van der Waals surface area contributed by atoms with E-state index < -0.39 is 5.60 Å². The molecule has 0 spiro atoms. The highest BCUT2D eigenvalue weighted by Crippen LogP contribution is 2.40. The highest BCUT2D eigenvalue weighted by Gasteiger charge is 2.40. The Labute approximate surface area is 88.5 Å². The van der Waals surface area contributed by atoms with E-state index in [-0.39, 0.29) is 0 Å². The summed E-state index contributed by atoms with van der Waals surface area (Å²) >= 11 is 1.82. The van der Waals surface area contributed by atoms with Crippen LogP contribution in [0, 0.1) is 0 Å². The molecule has 0 aromatic carbocycles. The van der Waals surface area contributed by atoms with Crippen LogP contribution in [0.5, 0.6) is 0 Å². The van der Waals surface area contributed by atoms with Crippen molar-refractivity contribution in [3.8, 4) is 0 Å². The van der Waals surface area contributed by atoms with Crippen molar-refractivity contribution in [2.75, 3.05) is 5.75 Å². The SMILES string of the molecule is CCn1ccnc1C1(O)CSC(C)C1. The fourth-order valence-electron chi connectivity index (χ4n) is 2.00. The normalized spacial score (nSPS) is 32.4. The zero-order valence-electron chi connectivity index (χ0n) is 8.60. The van der Waals surface area contributed by atoms with Crippen LogP contribution < -0.4 is 0 Å². The van der Waals surface area contributed by atoms with Crippen molar-refractivity contribution in [1.29, 1.82) is 0 Å². The maximum Gasteiger partial charge on any atom is 0.141 e. The zero-order valence-corrected chi connectivity index (χ0v) is 9.42. The predicted molar refractivity (Wildman–Crippen MR) is 58.3 cm³/mol. The molecule has 0 saturated carbocycles. The van der Waals surface area contributed by atoms with E-state index in [1.54, 1.807) is 6.20 Å². The first-order valence-electron chi connectivity index (χ1n) is 5.01. The second-order valence-electron chi connectivity index (χ2n) is 3.89. The molecule has 3 nitrogen and oxygen atoms in total. The van der Waals surface area contributed by atoms with Crippen molar-refractivity contribution in [2.45, 2.75) is 37.7 Å². The number of aromatic nitrogens is 2. The monoisotopic (exact) mass is 212 g/mol. The average molecular weight is 212 g/mol. The molecule has 4 heteroatoms. The van der Waals surface area contributed by atoms with Gasteiger partial charge in [0.15, 0.2) is 0 Å². The molecule has 1 saturated heterocycles.